The van der Waals surface area contributed by atoms with E-state index in [2.05, 4.69) is 13.8 Å². The second kappa shape index (κ2) is 19.0. The number of fused-ring (bicyclic) bond motifs is 1. The molecular formula is C58H47NO10. The number of benzene rings is 7. The average molecular weight is 918 g/mol. The van der Waals surface area contributed by atoms with E-state index < -0.39 is 29.2 Å². The van der Waals surface area contributed by atoms with E-state index in [0.29, 0.717) is 39.7 Å². The van der Waals surface area contributed by atoms with Crippen LogP contribution in [0.25, 0.3) is 0 Å². The van der Waals surface area contributed by atoms with E-state index >= 15 is 0 Å². The fraction of sp³-hybridized carbons (Fsp3) is 0.138. The predicted molar refractivity (Wildman–Crippen MR) is 258 cm³/mol. The second-order valence-electron chi connectivity index (χ2n) is 17.2. The zero-order valence-corrected chi connectivity index (χ0v) is 38.3. The van der Waals surface area contributed by atoms with E-state index in [-0.39, 0.29) is 35.1 Å². The molecule has 1 N–H and O–H groups in total. The topological polar surface area (TPSA) is 142 Å². The highest BCUT2D eigenvalue weighted by Crippen LogP contribution is 2.50. The van der Waals surface area contributed by atoms with Crippen LogP contribution in [0.5, 0.6) is 23.0 Å². The molecule has 0 fully saturated rings. The van der Waals surface area contributed by atoms with Crippen molar-refractivity contribution in [3.8, 4) is 23.0 Å². The van der Waals surface area contributed by atoms with Crippen LogP contribution in [0, 0.1) is 0 Å². The van der Waals surface area contributed by atoms with Gasteiger partial charge >= 0.3 is 11.9 Å². The van der Waals surface area contributed by atoms with E-state index in [1.807, 2.05) is 91.0 Å². The Morgan fingerprint density at radius 3 is 1.74 bits per heavy atom. The molecule has 344 valence electrons. The number of furan rings is 1. The van der Waals surface area contributed by atoms with Crippen LogP contribution in [0.2, 0.25) is 0 Å². The van der Waals surface area contributed by atoms with Gasteiger partial charge in [0.2, 0.25) is 6.29 Å². The van der Waals surface area contributed by atoms with Crippen LogP contribution >= 0.6 is 0 Å². The van der Waals surface area contributed by atoms with Gasteiger partial charge in [0.15, 0.2) is 5.78 Å². The Kier molecular flexibility index (Phi) is 12.5. The first-order valence-corrected chi connectivity index (χ1v) is 22.2. The van der Waals surface area contributed by atoms with Gasteiger partial charge in [-0.15, -0.1) is 0 Å². The number of carbonyl (C=O) groups is 4. The minimum atomic E-state index is -1.40. The van der Waals surface area contributed by atoms with Gasteiger partial charge in [-0.3, -0.25) is 9.59 Å². The average Bonchev–Trinajstić information content (AvgIpc) is 3.99. The van der Waals surface area contributed by atoms with Crippen LogP contribution in [0.1, 0.15) is 108 Å². The molecule has 11 heteroatoms. The molecule has 69 heavy (non-hydrogen) atoms. The Morgan fingerprint density at radius 1 is 0.623 bits per heavy atom. The standard InChI is InChI=1S/C58H47NO10/c1-37(60)38-10-7-11-39(34-38)54(62)67-47-27-17-42(18-28-47)57(2,3)43-19-29-48(30-20-43)68-55(63)40-12-8-13-41(35-40)56(64)69-49-31-23-45(24-32-49)58(44-21-25-46(65-4)26-22-44)52-16-6-5-15-51(52)53(61)59(58)36-50-14-9-33-66-50/h5-35,55,63H,36H2,1-4H3. The first kappa shape index (κ1) is 45.6. The van der Waals surface area contributed by atoms with Crippen molar-refractivity contribution < 1.29 is 47.6 Å². The Balaban J connectivity index is 0.876. The molecule has 1 amide bonds. The van der Waals surface area contributed by atoms with Crippen LogP contribution < -0.4 is 18.9 Å². The summed E-state index contributed by atoms with van der Waals surface area (Å²) in [4.78, 5) is 54.3. The molecule has 1 aliphatic rings. The number of hydrogen-bond donors (Lipinski definition) is 1. The monoisotopic (exact) mass is 917 g/mol. The minimum Gasteiger partial charge on any atom is -0.497 e. The van der Waals surface area contributed by atoms with Gasteiger partial charge in [0.05, 0.1) is 31.0 Å². The predicted octanol–water partition coefficient (Wildman–Crippen LogP) is 11.3. The number of ketones is 1. The molecule has 0 aliphatic carbocycles. The largest absolute Gasteiger partial charge is 0.497 e. The smallest absolute Gasteiger partial charge is 0.343 e. The van der Waals surface area contributed by atoms with Crippen molar-refractivity contribution in [2.45, 2.75) is 44.6 Å². The summed E-state index contributed by atoms with van der Waals surface area (Å²) in [7, 11) is 1.60. The Bertz CT molecular complexity index is 3160. The van der Waals surface area contributed by atoms with Crippen LogP contribution in [0.4, 0.5) is 0 Å². The summed E-state index contributed by atoms with van der Waals surface area (Å²) in [5.74, 6) is 0.863. The molecule has 0 spiro atoms. The molecule has 2 unspecified atom stereocenters. The molecule has 11 nitrogen and oxygen atoms in total. The normalized spacial score (nSPS) is 14.7. The van der Waals surface area contributed by atoms with Crippen LogP contribution in [-0.4, -0.2) is 40.7 Å². The van der Waals surface area contributed by atoms with Gasteiger partial charge in [-0.25, -0.2) is 9.59 Å². The zero-order valence-electron chi connectivity index (χ0n) is 38.3. The summed E-state index contributed by atoms with van der Waals surface area (Å²) in [6.45, 7) is 5.77. The number of carbonyl (C=O) groups excluding carboxylic acids is 4. The molecule has 0 saturated heterocycles. The van der Waals surface area contributed by atoms with Crippen molar-refractivity contribution >= 4 is 23.6 Å². The van der Waals surface area contributed by atoms with Crippen molar-refractivity contribution in [2.24, 2.45) is 0 Å². The van der Waals surface area contributed by atoms with Crippen molar-refractivity contribution in [2.75, 3.05) is 7.11 Å². The number of esters is 2. The summed E-state index contributed by atoms with van der Waals surface area (Å²) in [5.41, 5.74) is 4.64. The molecule has 2 heterocycles. The third-order valence-corrected chi connectivity index (χ3v) is 12.6. The number of methoxy groups -OCH3 is 1. The Labute approximate surface area is 399 Å². The van der Waals surface area contributed by atoms with Gasteiger partial charge in [0.25, 0.3) is 5.91 Å². The van der Waals surface area contributed by atoms with Gasteiger partial charge in [0, 0.05) is 22.1 Å². The fourth-order valence-corrected chi connectivity index (χ4v) is 8.83. The highest BCUT2D eigenvalue weighted by Gasteiger charge is 2.52. The lowest BCUT2D eigenvalue weighted by Crippen LogP contribution is -2.45. The van der Waals surface area contributed by atoms with Crippen LogP contribution in [-0.2, 0) is 17.5 Å². The first-order chi connectivity index (χ1) is 33.3. The maximum Gasteiger partial charge on any atom is 0.343 e. The van der Waals surface area contributed by atoms with Gasteiger partial charge < -0.3 is 33.4 Å². The summed E-state index contributed by atoms with van der Waals surface area (Å²) in [5, 5.41) is 11.2. The summed E-state index contributed by atoms with van der Waals surface area (Å²) >= 11 is 0. The Hall–Kier alpha value is -8.54. The molecule has 1 aromatic heterocycles. The lowest BCUT2D eigenvalue weighted by molar-refractivity contribution is -0.0195. The van der Waals surface area contributed by atoms with Crippen LogP contribution in [0.3, 0.4) is 0 Å². The highest BCUT2D eigenvalue weighted by molar-refractivity contribution is 6.02. The number of aliphatic hydroxyl groups is 1. The highest BCUT2D eigenvalue weighted by atomic mass is 16.6. The van der Waals surface area contributed by atoms with Crippen molar-refractivity contribution in [1.29, 1.82) is 0 Å². The van der Waals surface area contributed by atoms with Gasteiger partial charge in [-0.2, -0.15) is 0 Å². The lowest BCUT2D eigenvalue weighted by atomic mass is 9.77. The van der Waals surface area contributed by atoms with Gasteiger partial charge in [-0.1, -0.05) is 105 Å². The van der Waals surface area contributed by atoms with Gasteiger partial charge in [0.1, 0.15) is 34.3 Å². The number of ether oxygens (including phenoxy) is 4. The van der Waals surface area contributed by atoms with E-state index in [4.69, 9.17) is 23.4 Å². The molecule has 1 aliphatic heterocycles. The van der Waals surface area contributed by atoms with Gasteiger partial charge in [-0.05, 0) is 126 Å². The number of nitrogens with zero attached hydrogens (tertiary/aromatic N) is 1. The summed E-state index contributed by atoms with van der Waals surface area (Å²) in [6, 6.07) is 53.4. The lowest BCUT2D eigenvalue weighted by Gasteiger charge is -2.40. The maximum atomic E-state index is 14.3. The zero-order chi connectivity index (χ0) is 48.3. The molecule has 0 bridgehead atoms. The van der Waals surface area contributed by atoms with E-state index in [1.165, 1.54) is 19.1 Å². The van der Waals surface area contributed by atoms with Crippen LogP contribution in [0.15, 0.2) is 193 Å². The third-order valence-electron chi connectivity index (χ3n) is 12.6. The number of rotatable bonds is 15. The summed E-state index contributed by atoms with van der Waals surface area (Å²) < 4.78 is 28.6. The molecular weight excluding hydrogens is 871 g/mol. The Morgan fingerprint density at radius 2 is 1.16 bits per heavy atom. The number of aliphatic hydroxyl groups excluding tert-OH is 1. The van der Waals surface area contributed by atoms with E-state index in [0.717, 1.165) is 27.8 Å². The quantitative estimate of drug-likeness (QED) is 0.0457. The van der Waals surface area contributed by atoms with Crippen molar-refractivity contribution in [3.05, 3.63) is 250 Å². The SMILES string of the molecule is COc1ccc(C2(c3ccc(OC(=O)c4cccc(C(O)Oc5ccc(C(C)(C)c6ccc(OC(=O)c7cccc(C(C)=O)c7)cc6)cc5)c4)cc3)c3ccccc3C(=O)N2Cc2ccco2)cc1. The molecule has 2 atom stereocenters. The first-order valence-electron chi connectivity index (χ1n) is 22.2. The van der Waals surface area contributed by atoms with E-state index in [9.17, 15) is 24.3 Å². The summed E-state index contributed by atoms with van der Waals surface area (Å²) in [6.07, 6.45) is 0.187. The molecule has 7 aromatic carbocycles. The number of amides is 1. The molecule has 0 radical (unpaired) electrons. The molecule has 9 rings (SSSR count). The van der Waals surface area contributed by atoms with Crippen molar-refractivity contribution in [3.63, 3.8) is 0 Å². The fourth-order valence-electron chi connectivity index (χ4n) is 8.83. The number of hydrogen-bond acceptors (Lipinski definition) is 10. The third kappa shape index (κ3) is 9.03. The van der Waals surface area contributed by atoms with Crippen molar-refractivity contribution in [1.82, 2.24) is 4.90 Å². The number of Topliss-reactive ketones (excluding diaryl/α,β-unsaturated/α-hetero) is 1. The molecule has 0 saturated carbocycles. The minimum absolute atomic E-state index is 0.138. The molecule has 8 aromatic rings. The maximum absolute atomic E-state index is 14.3. The second-order valence-corrected chi connectivity index (χ2v) is 17.2. The van der Waals surface area contributed by atoms with E-state index in [1.54, 1.807) is 97.1 Å².